The number of nitrogens with zero attached hydrogens (tertiary/aromatic N) is 3. The Labute approximate surface area is 232 Å². The molecule has 2 aromatic carbocycles. The molecule has 5 rings (SSSR count). The second kappa shape index (κ2) is 11.9. The Bertz CT molecular complexity index is 1370. The molecule has 2 N–H and O–H groups in total. The van der Waals surface area contributed by atoms with Gasteiger partial charge < -0.3 is 15.2 Å². The summed E-state index contributed by atoms with van der Waals surface area (Å²) < 4.78 is 0. The van der Waals surface area contributed by atoms with E-state index >= 15 is 0 Å². The number of hydrogen-bond donors (Lipinski definition) is 2. The van der Waals surface area contributed by atoms with Crippen LogP contribution in [-0.2, 0) is 6.54 Å². The maximum absolute atomic E-state index is 13.6. The molecule has 0 bridgehead atoms. The second-order valence-corrected chi connectivity index (χ2v) is 11.0. The third-order valence-electron chi connectivity index (χ3n) is 7.59. The minimum atomic E-state index is -0.118. The summed E-state index contributed by atoms with van der Waals surface area (Å²) in [6.07, 6.45) is 3.74. The molecule has 0 radical (unpaired) electrons. The number of benzene rings is 2. The van der Waals surface area contributed by atoms with E-state index in [1.807, 2.05) is 36.5 Å². The minimum Gasteiger partial charge on any atom is -0.364 e. The van der Waals surface area contributed by atoms with Crippen molar-refractivity contribution >= 4 is 17.4 Å². The summed E-state index contributed by atoms with van der Waals surface area (Å²) >= 11 is 0. The summed E-state index contributed by atoms with van der Waals surface area (Å²) in [7, 11) is 0. The molecular formula is C33H39N5O. The van der Waals surface area contributed by atoms with Crippen LogP contribution in [0.4, 0.5) is 11.5 Å². The molecule has 4 aromatic rings. The molecule has 0 saturated carbocycles. The number of nitrogens with one attached hydrogen (secondary N) is 2. The lowest BCUT2D eigenvalue weighted by Gasteiger charge is -2.35. The molecule has 1 fully saturated rings. The van der Waals surface area contributed by atoms with Crippen molar-refractivity contribution in [2.75, 3.05) is 36.4 Å². The van der Waals surface area contributed by atoms with E-state index in [-0.39, 0.29) is 5.91 Å². The van der Waals surface area contributed by atoms with Gasteiger partial charge in [0.05, 0.1) is 11.9 Å². The van der Waals surface area contributed by atoms with Crippen LogP contribution >= 0.6 is 0 Å². The van der Waals surface area contributed by atoms with E-state index < -0.39 is 0 Å². The van der Waals surface area contributed by atoms with Gasteiger partial charge in [-0.2, -0.15) is 0 Å². The zero-order chi connectivity index (χ0) is 27.4. The topological polar surface area (TPSA) is 64.3 Å². The Kier molecular flexibility index (Phi) is 8.13. The van der Waals surface area contributed by atoms with Crippen LogP contribution in [0.2, 0.25) is 0 Å². The number of aromatic amines is 1. The normalized spacial score (nSPS) is 14.3. The highest BCUT2D eigenvalue weighted by Gasteiger charge is 2.20. The summed E-state index contributed by atoms with van der Waals surface area (Å²) in [5.74, 6) is 1.58. The Hall–Kier alpha value is -3.90. The SMILES string of the molecule is CC(C)c1ccc(-c2c(C(=O)Nc3ccc(N4CCN(Cc5ccc[nH]5)CC4)nc3)cccc2C(C)C)cc1. The number of anilines is 2. The van der Waals surface area contributed by atoms with E-state index in [1.165, 1.54) is 16.8 Å². The van der Waals surface area contributed by atoms with Crippen molar-refractivity contribution in [2.24, 2.45) is 0 Å². The van der Waals surface area contributed by atoms with Crippen molar-refractivity contribution in [3.8, 4) is 11.1 Å². The molecule has 2 aromatic heterocycles. The van der Waals surface area contributed by atoms with Crippen LogP contribution < -0.4 is 10.2 Å². The highest BCUT2D eigenvalue weighted by Crippen LogP contribution is 2.34. The van der Waals surface area contributed by atoms with Gasteiger partial charge in [-0.1, -0.05) is 64.1 Å². The predicted octanol–water partition coefficient (Wildman–Crippen LogP) is 6.90. The first-order valence-electron chi connectivity index (χ1n) is 14.0. The highest BCUT2D eigenvalue weighted by atomic mass is 16.1. The van der Waals surface area contributed by atoms with Crippen molar-refractivity contribution in [3.63, 3.8) is 0 Å². The fourth-order valence-corrected chi connectivity index (χ4v) is 5.28. The van der Waals surface area contributed by atoms with Crippen molar-refractivity contribution < 1.29 is 4.79 Å². The van der Waals surface area contributed by atoms with Gasteiger partial charge in [0.25, 0.3) is 5.91 Å². The smallest absolute Gasteiger partial charge is 0.256 e. The number of carbonyl (C=O) groups excluding carboxylic acids is 1. The minimum absolute atomic E-state index is 0.118. The third-order valence-corrected chi connectivity index (χ3v) is 7.59. The number of piperazine rings is 1. The van der Waals surface area contributed by atoms with Gasteiger partial charge in [-0.3, -0.25) is 9.69 Å². The van der Waals surface area contributed by atoms with Gasteiger partial charge in [0.15, 0.2) is 0 Å². The molecule has 202 valence electrons. The standard InChI is InChI=1S/C33H39N5O/c1-23(2)25-10-12-26(13-11-25)32-29(24(3)4)8-5-9-30(32)33(39)36-27-14-15-31(35-21-27)38-19-17-37(18-20-38)22-28-7-6-16-34-28/h5-16,21,23-24,34H,17-20,22H2,1-4H3,(H,36,39). The number of carbonyl (C=O) groups is 1. The largest absolute Gasteiger partial charge is 0.364 e. The molecule has 0 atom stereocenters. The molecule has 39 heavy (non-hydrogen) atoms. The first-order valence-corrected chi connectivity index (χ1v) is 14.0. The third kappa shape index (κ3) is 6.23. The Morgan fingerprint density at radius 3 is 2.28 bits per heavy atom. The van der Waals surface area contributed by atoms with Gasteiger partial charge in [-0.05, 0) is 64.4 Å². The van der Waals surface area contributed by atoms with Crippen LogP contribution in [0, 0.1) is 0 Å². The first kappa shape index (κ1) is 26.7. The number of pyridine rings is 1. The van der Waals surface area contributed by atoms with E-state index in [1.54, 1.807) is 6.20 Å². The first-order chi connectivity index (χ1) is 18.9. The fourth-order valence-electron chi connectivity index (χ4n) is 5.28. The number of amides is 1. The zero-order valence-corrected chi connectivity index (χ0v) is 23.4. The summed E-state index contributed by atoms with van der Waals surface area (Å²) in [5, 5.41) is 3.09. The van der Waals surface area contributed by atoms with E-state index in [0.29, 0.717) is 23.1 Å². The van der Waals surface area contributed by atoms with Crippen LogP contribution in [0.3, 0.4) is 0 Å². The van der Waals surface area contributed by atoms with Crippen LogP contribution in [-0.4, -0.2) is 47.0 Å². The average molecular weight is 522 g/mol. The van der Waals surface area contributed by atoms with Crippen LogP contribution in [0.15, 0.2) is 79.1 Å². The molecule has 0 unspecified atom stereocenters. The summed E-state index contributed by atoms with van der Waals surface area (Å²) in [6, 6.07) is 22.8. The predicted molar refractivity (Wildman–Crippen MR) is 161 cm³/mol. The molecule has 1 saturated heterocycles. The molecule has 1 aliphatic rings. The van der Waals surface area contributed by atoms with Gasteiger partial charge in [-0.15, -0.1) is 0 Å². The van der Waals surface area contributed by atoms with Gasteiger partial charge >= 0.3 is 0 Å². The second-order valence-electron chi connectivity index (χ2n) is 11.0. The van der Waals surface area contributed by atoms with Crippen molar-refractivity contribution in [1.82, 2.24) is 14.9 Å². The lowest BCUT2D eigenvalue weighted by atomic mass is 9.87. The Morgan fingerprint density at radius 1 is 0.897 bits per heavy atom. The van der Waals surface area contributed by atoms with E-state index in [2.05, 4.69) is 89.2 Å². The molecule has 6 heteroatoms. The molecular weight excluding hydrogens is 482 g/mol. The number of aromatic nitrogens is 2. The number of rotatable bonds is 8. The maximum Gasteiger partial charge on any atom is 0.256 e. The average Bonchev–Trinajstić information content (AvgIpc) is 3.46. The molecule has 3 heterocycles. The number of H-pyrrole nitrogens is 1. The molecule has 6 nitrogen and oxygen atoms in total. The summed E-state index contributed by atoms with van der Waals surface area (Å²) in [6.45, 7) is 13.5. The maximum atomic E-state index is 13.6. The van der Waals surface area contributed by atoms with Gasteiger partial charge in [0.2, 0.25) is 0 Å². The van der Waals surface area contributed by atoms with Crippen molar-refractivity contribution in [3.05, 3.63) is 102 Å². The Morgan fingerprint density at radius 2 is 1.67 bits per heavy atom. The quantitative estimate of drug-likeness (QED) is 0.265. The van der Waals surface area contributed by atoms with Gasteiger partial charge in [-0.25, -0.2) is 4.98 Å². The zero-order valence-electron chi connectivity index (χ0n) is 23.4. The molecule has 0 spiro atoms. The lowest BCUT2D eigenvalue weighted by Crippen LogP contribution is -2.46. The Balaban J connectivity index is 1.28. The lowest BCUT2D eigenvalue weighted by molar-refractivity contribution is 0.102. The van der Waals surface area contributed by atoms with Crippen molar-refractivity contribution in [1.29, 1.82) is 0 Å². The van der Waals surface area contributed by atoms with Crippen molar-refractivity contribution in [2.45, 2.75) is 46.1 Å². The van der Waals surface area contributed by atoms with E-state index in [9.17, 15) is 4.79 Å². The summed E-state index contributed by atoms with van der Waals surface area (Å²) in [4.78, 5) is 26.3. The van der Waals surface area contributed by atoms with Crippen LogP contribution in [0.5, 0.6) is 0 Å². The molecule has 0 aliphatic carbocycles. The van der Waals surface area contributed by atoms with Gasteiger partial charge in [0.1, 0.15) is 5.82 Å². The monoisotopic (exact) mass is 521 g/mol. The van der Waals surface area contributed by atoms with E-state index in [0.717, 1.165) is 49.7 Å². The van der Waals surface area contributed by atoms with Crippen LogP contribution in [0.1, 0.15) is 66.7 Å². The van der Waals surface area contributed by atoms with Gasteiger partial charge in [0, 0.05) is 50.2 Å². The summed E-state index contributed by atoms with van der Waals surface area (Å²) in [5.41, 5.74) is 7.16. The number of hydrogen-bond acceptors (Lipinski definition) is 4. The molecule has 1 amide bonds. The molecule has 1 aliphatic heterocycles. The fraction of sp³-hybridized carbons (Fsp3) is 0.333. The van der Waals surface area contributed by atoms with Crippen LogP contribution in [0.25, 0.3) is 11.1 Å². The van der Waals surface area contributed by atoms with E-state index in [4.69, 9.17) is 0 Å². The highest BCUT2D eigenvalue weighted by molar-refractivity contribution is 6.09.